The lowest BCUT2D eigenvalue weighted by Crippen LogP contribution is -1.96. The normalized spacial score (nSPS) is 11.7. The van der Waals surface area contributed by atoms with Crippen LogP contribution in [-0.2, 0) is 0 Å². The highest BCUT2D eigenvalue weighted by Gasteiger charge is 2.19. The molecule has 2 nitrogen and oxygen atoms in total. The van der Waals surface area contributed by atoms with Crippen LogP contribution in [0.2, 0.25) is 0 Å². The Balaban J connectivity index is 1.14. The van der Waals surface area contributed by atoms with Crippen LogP contribution in [0.4, 0.5) is 0 Å². The molecule has 0 aliphatic heterocycles. The van der Waals surface area contributed by atoms with Crippen LogP contribution in [0.5, 0.6) is 0 Å². The largest absolute Gasteiger partial charge is 0.309 e. The fourth-order valence-electron chi connectivity index (χ4n) is 8.49. The highest BCUT2D eigenvalue weighted by atomic mass is 15.0. The van der Waals surface area contributed by atoms with Crippen LogP contribution >= 0.6 is 0 Å². The van der Waals surface area contributed by atoms with Crippen molar-refractivity contribution in [1.29, 1.82) is 0 Å². The van der Waals surface area contributed by atoms with Gasteiger partial charge in [-0.2, -0.15) is 0 Å². The summed E-state index contributed by atoms with van der Waals surface area (Å²) >= 11 is 0. The Kier molecular flexibility index (Phi) is 6.90. The zero-order valence-corrected chi connectivity index (χ0v) is 29.5. The quantitative estimate of drug-likeness (QED) is 0.171. The maximum Gasteiger partial charge on any atom is 0.0548 e. The van der Waals surface area contributed by atoms with Crippen molar-refractivity contribution in [2.24, 2.45) is 0 Å². The standard InChI is InChI=1S/C52H34N2/c1-3-13-35(14-4-1)41-30-42(36-15-5-2-6-16-36)32-44(31-41)54-50-22-12-10-20-46(50)48-33-51-47(34-52(48)54)45-19-9-11-21-49(45)53(51)43-27-25-38(26-28-43)40-24-23-37-17-7-8-18-39(37)29-40/h1-34H. The number of rotatable bonds is 5. The Labute approximate surface area is 313 Å². The molecule has 252 valence electrons. The Hall–Kier alpha value is -7.16. The smallest absolute Gasteiger partial charge is 0.0548 e. The van der Waals surface area contributed by atoms with Crippen molar-refractivity contribution in [1.82, 2.24) is 9.13 Å². The minimum atomic E-state index is 1.15. The molecule has 2 heteroatoms. The molecule has 54 heavy (non-hydrogen) atoms. The van der Waals surface area contributed by atoms with Gasteiger partial charge in [0.25, 0.3) is 0 Å². The molecule has 9 aromatic carbocycles. The molecule has 0 aliphatic carbocycles. The average Bonchev–Trinajstić information content (AvgIpc) is 3.75. The van der Waals surface area contributed by atoms with Gasteiger partial charge in [-0.25, -0.2) is 0 Å². The summed E-state index contributed by atoms with van der Waals surface area (Å²) in [6.45, 7) is 0. The van der Waals surface area contributed by atoms with Gasteiger partial charge in [0.05, 0.1) is 22.1 Å². The van der Waals surface area contributed by atoms with Crippen LogP contribution in [0.3, 0.4) is 0 Å². The second-order valence-electron chi connectivity index (χ2n) is 14.2. The van der Waals surface area contributed by atoms with Crippen LogP contribution in [0.25, 0.3) is 99.1 Å². The Morgan fingerprint density at radius 2 is 0.685 bits per heavy atom. The van der Waals surface area contributed by atoms with Crippen LogP contribution in [0, 0.1) is 0 Å². The topological polar surface area (TPSA) is 9.86 Å². The molecule has 0 saturated carbocycles. The number of aromatic nitrogens is 2. The molecule has 0 N–H and O–H groups in total. The second kappa shape index (κ2) is 12.2. The van der Waals surface area contributed by atoms with Crippen molar-refractivity contribution < 1.29 is 0 Å². The van der Waals surface area contributed by atoms with Gasteiger partial charge in [-0.15, -0.1) is 0 Å². The molecule has 2 aromatic heterocycles. The number of hydrogen-bond acceptors (Lipinski definition) is 0. The van der Waals surface area contributed by atoms with Crippen molar-refractivity contribution in [2.45, 2.75) is 0 Å². The summed E-state index contributed by atoms with van der Waals surface area (Å²) in [6.07, 6.45) is 0. The number of nitrogens with zero attached hydrogens (tertiary/aromatic N) is 2. The van der Waals surface area contributed by atoms with E-state index in [1.165, 1.54) is 87.8 Å². The number of benzene rings is 9. The van der Waals surface area contributed by atoms with Gasteiger partial charge in [-0.3, -0.25) is 0 Å². The lowest BCUT2D eigenvalue weighted by atomic mass is 9.98. The molecular formula is C52H34N2. The van der Waals surface area contributed by atoms with E-state index in [2.05, 4.69) is 215 Å². The molecule has 0 fully saturated rings. The van der Waals surface area contributed by atoms with E-state index >= 15 is 0 Å². The van der Waals surface area contributed by atoms with Crippen molar-refractivity contribution in [3.05, 3.63) is 206 Å². The van der Waals surface area contributed by atoms with Gasteiger partial charge in [0, 0.05) is 32.9 Å². The SMILES string of the molecule is c1ccc(-c2cc(-c3ccccc3)cc(-n3c4ccccc4c4cc5c(cc43)c3ccccc3n5-c3ccc(-c4ccc5ccccc5c4)cc3)c2)cc1. The summed E-state index contributed by atoms with van der Waals surface area (Å²) in [6, 6.07) is 75.3. The van der Waals surface area contributed by atoms with E-state index in [1.807, 2.05) is 0 Å². The lowest BCUT2D eigenvalue weighted by Gasteiger charge is -2.14. The van der Waals surface area contributed by atoms with Crippen molar-refractivity contribution in [3.63, 3.8) is 0 Å². The van der Waals surface area contributed by atoms with E-state index < -0.39 is 0 Å². The monoisotopic (exact) mass is 686 g/mol. The summed E-state index contributed by atoms with van der Waals surface area (Å²) in [5.41, 5.74) is 14.3. The van der Waals surface area contributed by atoms with E-state index in [9.17, 15) is 0 Å². The Morgan fingerprint density at radius 1 is 0.222 bits per heavy atom. The molecule has 0 atom stereocenters. The van der Waals surface area contributed by atoms with Crippen LogP contribution in [0.1, 0.15) is 0 Å². The molecule has 11 rings (SSSR count). The predicted octanol–water partition coefficient (Wildman–Crippen LogP) is 14.0. The van der Waals surface area contributed by atoms with Gasteiger partial charge in [0.2, 0.25) is 0 Å². The molecular weight excluding hydrogens is 653 g/mol. The molecule has 2 heterocycles. The summed E-state index contributed by atoms with van der Waals surface area (Å²) in [4.78, 5) is 0. The minimum Gasteiger partial charge on any atom is -0.309 e. The highest BCUT2D eigenvalue weighted by Crippen LogP contribution is 2.41. The third-order valence-electron chi connectivity index (χ3n) is 11.1. The molecule has 0 saturated heterocycles. The molecule has 0 unspecified atom stereocenters. The first-order valence-corrected chi connectivity index (χ1v) is 18.6. The minimum absolute atomic E-state index is 1.15. The summed E-state index contributed by atoms with van der Waals surface area (Å²) in [7, 11) is 0. The lowest BCUT2D eigenvalue weighted by molar-refractivity contribution is 1.17. The second-order valence-corrected chi connectivity index (χ2v) is 14.2. The van der Waals surface area contributed by atoms with E-state index in [1.54, 1.807) is 0 Å². The van der Waals surface area contributed by atoms with Crippen molar-refractivity contribution in [2.75, 3.05) is 0 Å². The fourth-order valence-corrected chi connectivity index (χ4v) is 8.49. The zero-order chi connectivity index (χ0) is 35.6. The predicted molar refractivity (Wildman–Crippen MR) is 229 cm³/mol. The molecule has 0 bridgehead atoms. The Morgan fingerprint density at radius 3 is 1.28 bits per heavy atom. The van der Waals surface area contributed by atoms with Gasteiger partial charge in [-0.1, -0.05) is 146 Å². The number of para-hydroxylation sites is 2. The summed E-state index contributed by atoms with van der Waals surface area (Å²) in [5.74, 6) is 0. The first-order valence-electron chi connectivity index (χ1n) is 18.6. The third-order valence-corrected chi connectivity index (χ3v) is 11.1. The number of hydrogen-bond donors (Lipinski definition) is 0. The van der Waals surface area contributed by atoms with Crippen LogP contribution in [-0.4, -0.2) is 9.13 Å². The van der Waals surface area contributed by atoms with E-state index in [4.69, 9.17) is 0 Å². The van der Waals surface area contributed by atoms with E-state index in [0.29, 0.717) is 0 Å². The van der Waals surface area contributed by atoms with Crippen LogP contribution < -0.4 is 0 Å². The number of fused-ring (bicyclic) bond motifs is 7. The van der Waals surface area contributed by atoms with Crippen molar-refractivity contribution in [3.8, 4) is 44.8 Å². The van der Waals surface area contributed by atoms with Gasteiger partial charge in [0.1, 0.15) is 0 Å². The summed E-state index contributed by atoms with van der Waals surface area (Å²) < 4.78 is 4.90. The maximum atomic E-state index is 2.47. The van der Waals surface area contributed by atoms with Gasteiger partial charge < -0.3 is 9.13 Å². The Bertz CT molecular complexity index is 3130. The van der Waals surface area contributed by atoms with E-state index in [0.717, 1.165) is 11.4 Å². The first kappa shape index (κ1) is 30.5. The van der Waals surface area contributed by atoms with Gasteiger partial charge >= 0.3 is 0 Å². The average molecular weight is 687 g/mol. The molecule has 0 radical (unpaired) electrons. The highest BCUT2D eigenvalue weighted by molar-refractivity contribution is 6.19. The van der Waals surface area contributed by atoms with Crippen LogP contribution in [0.15, 0.2) is 206 Å². The van der Waals surface area contributed by atoms with Gasteiger partial charge in [-0.05, 0) is 105 Å². The van der Waals surface area contributed by atoms with Crippen molar-refractivity contribution >= 4 is 54.4 Å². The van der Waals surface area contributed by atoms with E-state index in [-0.39, 0.29) is 0 Å². The fraction of sp³-hybridized carbons (Fsp3) is 0. The molecule has 11 aromatic rings. The third kappa shape index (κ3) is 4.88. The summed E-state index contributed by atoms with van der Waals surface area (Å²) in [5, 5.41) is 7.48. The maximum absolute atomic E-state index is 2.47. The molecule has 0 aliphatic rings. The molecule has 0 spiro atoms. The zero-order valence-electron chi connectivity index (χ0n) is 29.5. The first-order chi connectivity index (χ1) is 26.8. The molecule has 0 amide bonds. The van der Waals surface area contributed by atoms with Gasteiger partial charge in [0.15, 0.2) is 0 Å².